The van der Waals surface area contributed by atoms with Crippen molar-refractivity contribution in [3.63, 3.8) is 0 Å². The molecule has 1 N–H and O–H groups in total. The Bertz CT molecular complexity index is 1200. The number of aliphatic carboxylic acids is 1. The van der Waals surface area contributed by atoms with Crippen LogP contribution in [0.1, 0.15) is 56.6 Å². The Hall–Kier alpha value is -3.04. The van der Waals surface area contributed by atoms with Crippen LogP contribution in [0.5, 0.6) is 0 Å². The predicted molar refractivity (Wildman–Crippen MR) is 127 cm³/mol. The van der Waals surface area contributed by atoms with Gasteiger partial charge in [0.15, 0.2) is 0 Å². The van der Waals surface area contributed by atoms with Crippen LogP contribution in [0.25, 0.3) is 0 Å². The summed E-state index contributed by atoms with van der Waals surface area (Å²) in [6.07, 6.45) is 2.29. The van der Waals surface area contributed by atoms with Gasteiger partial charge in [-0.3, -0.25) is 14.4 Å². The molecule has 208 valence electrons. The molecule has 1 saturated heterocycles. The molecule has 0 aromatic heterocycles. The SMILES string of the molecule is O=C1OC2C3CC(C2OC(=O)C24CC5CC(CC(C5)C2)C4)C(C(=O)OC(c2ccccc2)C(F)(F)C(=O)O)C13. The third kappa shape index (κ3) is 3.65. The fraction of sp³-hybridized carbons (Fsp3) is 0.655. The minimum atomic E-state index is -4.41. The first-order valence-corrected chi connectivity index (χ1v) is 13.9. The Morgan fingerprint density at radius 1 is 0.974 bits per heavy atom. The Labute approximate surface area is 223 Å². The highest BCUT2D eigenvalue weighted by molar-refractivity contribution is 5.87. The molecule has 1 heterocycles. The summed E-state index contributed by atoms with van der Waals surface area (Å²) in [6, 6.07) is 6.95. The highest BCUT2D eigenvalue weighted by atomic mass is 19.3. The van der Waals surface area contributed by atoms with Gasteiger partial charge in [0, 0.05) is 11.8 Å². The number of carbonyl (C=O) groups is 4. The van der Waals surface area contributed by atoms with Gasteiger partial charge in [-0.1, -0.05) is 30.3 Å². The van der Waals surface area contributed by atoms with Crippen LogP contribution in [0.15, 0.2) is 30.3 Å². The van der Waals surface area contributed by atoms with Crippen molar-refractivity contribution < 1.29 is 47.3 Å². The molecule has 7 atom stereocenters. The highest BCUT2D eigenvalue weighted by Gasteiger charge is 2.71. The standard InChI is InChI=1S/C29H30F2O8/c30-29(31,26(34)35)23(16-4-2-1-3-5-16)39-25(33)20-18-9-17-19(20)24(32)37-21(17)22(18)38-27(36)28-10-13-6-14(11-28)8-15(7-13)12-28/h1-5,13-15,17-23H,6-12H2,(H,34,35). The Kier molecular flexibility index (Phi) is 5.43. The van der Waals surface area contributed by atoms with E-state index in [0.717, 1.165) is 38.5 Å². The summed E-state index contributed by atoms with van der Waals surface area (Å²) < 4.78 is 46.5. The maximum absolute atomic E-state index is 14.8. The molecular formula is C29H30F2O8. The van der Waals surface area contributed by atoms with Crippen molar-refractivity contribution in [1.29, 1.82) is 0 Å². The molecule has 7 fully saturated rings. The summed E-state index contributed by atoms with van der Waals surface area (Å²) in [5.41, 5.74) is -0.727. The highest BCUT2D eigenvalue weighted by Crippen LogP contribution is 2.63. The largest absolute Gasteiger partial charge is 0.477 e. The van der Waals surface area contributed by atoms with Crippen LogP contribution in [0.3, 0.4) is 0 Å². The molecule has 1 aliphatic heterocycles. The van der Waals surface area contributed by atoms with Crippen molar-refractivity contribution in [3.05, 3.63) is 35.9 Å². The molecule has 0 amide bonds. The molecule has 7 unspecified atom stereocenters. The first-order chi connectivity index (χ1) is 18.6. The lowest BCUT2D eigenvalue weighted by Gasteiger charge is -2.55. The molecule has 6 aliphatic carbocycles. The summed E-state index contributed by atoms with van der Waals surface area (Å²) in [7, 11) is 0. The molecule has 0 radical (unpaired) electrons. The Morgan fingerprint density at radius 3 is 2.18 bits per heavy atom. The number of hydrogen-bond donors (Lipinski definition) is 1. The maximum Gasteiger partial charge on any atom is 0.382 e. The number of alkyl halides is 2. The number of carboxylic acid groups (broad SMARTS) is 1. The fourth-order valence-corrected chi connectivity index (χ4v) is 9.36. The summed E-state index contributed by atoms with van der Waals surface area (Å²) >= 11 is 0. The first kappa shape index (κ1) is 25.0. The zero-order chi connectivity index (χ0) is 27.3. The molecule has 0 spiro atoms. The smallest absolute Gasteiger partial charge is 0.382 e. The minimum Gasteiger partial charge on any atom is -0.477 e. The van der Waals surface area contributed by atoms with Gasteiger partial charge in [0.05, 0.1) is 17.3 Å². The first-order valence-electron chi connectivity index (χ1n) is 13.9. The second-order valence-electron chi connectivity index (χ2n) is 12.7. The lowest BCUT2D eigenvalue weighted by atomic mass is 9.49. The topological polar surface area (TPSA) is 116 Å². The van der Waals surface area contributed by atoms with Gasteiger partial charge < -0.3 is 19.3 Å². The van der Waals surface area contributed by atoms with E-state index in [0.29, 0.717) is 24.2 Å². The molecule has 7 aliphatic rings. The van der Waals surface area contributed by atoms with Gasteiger partial charge in [-0.25, -0.2) is 4.79 Å². The number of carbonyl (C=O) groups excluding carboxylic acids is 3. The van der Waals surface area contributed by atoms with Gasteiger partial charge in [0.2, 0.25) is 6.10 Å². The average molecular weight is 545 g/mol. The lowest BCUT2D eigenvalue weighted by molar-refractivity contribution is -0.201. The number of esters is 3. The van der Waals surface area contributed by atoms with Crippen molar-refractivity contribution in [2.75, 3.05) is 0 Å². The number of carboxylic acids is 1. The van der Waals surface area contributed by atoms with Gasteiger partial charge in [0.25, 0.3) is 0 Å². The van der Waals surface area contributed by atoms with E-state index < -0.39 is 65.3 Å². The van der Waals surface area contributed by atoms with Gasteiger partial charge in [-0.05, 0) is 68.3 Å². The fourth-order valence-electron chi connectivity index (χ4n) is 9.36. The van der Waals surface area contributed by atoms with Crippen LogP contribution >= 0.6 is 0 Å². The average Bonchev–Trinajstić information content (AvgIpc) is 3.50. The van der Waals surface area contributed by atoms with Crippen molar-refractivity contribution in [3.8, 4) is 0 Å². The van der Waals surface area contributed by atoms with Crippen LogP contribution < -0.4 is 0 Å². The zero-order valence-corrected chi connectivity index (χ0v) is 21.2. The van der Waals surface area contributed by atoms with Gasteiger partial charge in [0.1, 0.15) is 12.2 Å². The second kappa shape index (κ2) is 8.48. The minimum absolute atomic E-state index is 0.182. The van der Waals surface area contributed by atoms with Crippen molar-refractivity contribution >= 4 is 23.9 Å². The third-order valence-corrected chi connectivity index (χ3v) is 10.5. The summed E-state index contributed by atoms with van der Waals surface area (Å²) in [5.74, 6) is -10.4. The van der Waals surface area contributed by atoms with Crippen LogP contribution in [0, 0.1) is 46.8 Å². The molecular weight excluding hydrogens is 514 g/mol. The molecule has 10 heteroatoms. The molecule has 6 saturated carbocycles. The van der Waals surface area contributed by atoms with Crippen molar-refractivity contribution in [1.82, 2.24) is 0 Å². The monoisotopic (exact) mass is 544 g/mol. The van der Waals surface area contributed by atoms with Gasteiger partial charge in [-0.15, -0.1) is 0 Å². The van der Waals surface area contributed by atoms with E-state index in [4.69, 9.17) is 14.2 Å². The molecule has 39 heavy (non-hydrogen) atoms. The van der Waals surface area contributed by atoms with E-state index in [-0.39, 0.29) is 17.5 Å². The summed E-state index contributed by atoms with van der Waals surface area (Å²) in [4.78, 5) is 51.4. The quantitative estimate of drug-likeness (QED) is 0.406. The van der Waals surface area contributed by atoms with Crippen LogP contribution in [-0.2, 0) is 33.4 Å². The lowest BCUT2D eigenvalue weighted by Crippen LogP contribution is -2.53. The molecule has 1 aromatic carbocycles. The van der Waals surface area contributed by atoms with Crippen LogP contribution in [0.2, 0.25) is 0 Å². The van der Waals surface area contributed by atoms with Crippen molar-refractivity contribution in [2.24, 2.45) is 46.8 Å². The molecule has 1 aromatic rings. The second-order valence-corrected chi connectivity index (χ2v) is 12.7. The Balaban J connectivity index is 1.14. The number of fused-ring (bicyclic) bond motifs is 1. The van der Waals surface area contributed by atoms with Gasteiger partial charge >= 0.3 is 29.8 Å². The molecule has 8 nitrogen and oxygen atoms in total. The zero-order valence-electron chi connectivity index (χ0n) is 21.2. The normalized spacial score (nSPS) is 41.8. The number of ether oxygens (including phenoxy) is 3. The molecule has 6 bridgehead atoms. The van der Waals surface area contributed by atoms with E-state index in [9.17, 15) is 33.1 Å². The van der Waals surface area contributed by atoms with Crippen LogP contribution in [-0.4, -0.2) is 47.1 Å². The number of benzene rings is 1. The van der Waals surface area contributed by atoms with Gasteiger partial charge in [-0.2, -0.15) is 8.78 Å². The van der Waals surface area contributed by atoms with E-state index in [1.54, 1.807) is 6.07 Å². The molecule has 8 rings (SSSR count). The van der Waals surface area contributed by atoms with E-state index >= 15 is 0 Å². The summed E-state index contributed by atoms with van der Waals surface area (Å²) in [5, 5.41) is 9.19. The Morgan fingerprint density at radius 2 is 1.59 bits per heavy atom. The number of rotatable bonds is 7. The summed E-state index contributed by atoms with van der Waals surface area (Å²) in [6.45, 7) is 0. The van der Waals surface area contributed by atoms with E-state index in [2.05, 4.69) is 0 Å². The van der Waals surface area contributed by atoms with Crippen molar-refractivity contribution in [2.45, 2.75) is 69.2 Å². The van der Waals surface area contributed by atoms with E-state index in [1.807, 2.05) is 0 Å². The number of halogens is 2. The predicted octanol–water partition coefficient (Wildman–Crippen LogP) is 3.93. The third-order valence-electron chi connectivity index (χ3n) is 10.5. The maximum atomic E-state index is 14.8. The van der Waals surface area contributed by atoms with E-state index in [1.165, 1.54) is 24.3 Å². The van der Waals surface area contributed by atoms with Crippen LogP contribution in [0.4, 0.5) is 8.78 Å². The number of hydrogen-bond acceptors (Lipinski definition) is 7.